The molecule has 1 aromatic rings. The molecule has 2 heterocycles. The Kier molecular flexibility index (Phi) is 4.69. The van der Waals surface area contributed by atoms with Crippen LogP contribution in [0.25, 0.3) is 0 Å². The zero-order valence-corrected chi connectivity index (χ0v) is 13.7. The van der Waals surface area contributed by atoms with Crippen LogP contribution in [-0.4, -0.2) is 25.1 Å². The first-order valence-corrected chi connectivity index (χ1v) is 7.77. The predicted molar refractivity (Wildman–Crippen MR) is 86.1 cm³/mol. The molecule has 0 amide bonds. The van der Waals surface area contributed by atoms with Gasteiger partial charge in [0.05, 0.1) is 0 Å². The monoisotopic (exact) mass is 275 g/mol. The van der Waals surface area contributed by atoms with Crippen LogP contribution in [0.1, 0.15) is 44.9 Å². The molecule has 0 unspecified atom stereocenters. The van der Waals surface area contributed by atoms with Gasteiger partial charge in [-0.05, 0) is 55.8 Å². The number of nitrogens with zero attached hydrogens (tertiary/aromatic N) is 2. The van der Waals surface area contributed by atoms with Crippen molar-refractivity contribution in [3.63, 3.8) is 0 Å². The summed E-state index contributed by atoms with van der Waals surface area (Å²) in [6.07, 6.45) is 2.56. The third-order valence-electron chi connectivity index (χ3n) is 4.42. The highest BCUT2D eigenvalue weighted by atomic mass is 15.2. The number of piperidine rings is 1. The maximum absolute atomic E-state index is 4.73. The Balaban J connectivity index is 2.07. The van der Waals surface area contributed by atoms with E-state index in [0.717, 1.165) is 37.1 Å². The van der Waals surface area contributed by atoms with Crippen molar-refractivity contribution in [3.05, 3.63) is 23.4 Å². The van der Waals surface area contributed by atoms with Gasteiger partial charge in [0.1, 0.15) is 5.82 Å². The van der Waals surface area contributed by atoms with Crippen LogP contribution in [0.15, 0.2) is 12.1 Å². The Morgan fingerprint density at radius 1 is 1.25 bits per heavy atom. The van der Waals surface area contributed by atoms with Crippen molar-refractivity contribution in [1.29, 1.82) is 0 Å². The molecule has 0 bridgehead atoms. The van der Waals surface area contributed by atoms with Crippen LogP contribution in [0.4, 0.5) is 5.82 Å². The largest absolute Gasteiger partial charge is 0.357 e. The summed E-state index contributed by atoms with van der Waals surface area (Å²) in [7, 11) is 1.99. The van der Waals surface area contributed by atoms with Gasteiger partial charge in [-0.25, -0.2) is 4.98 Å². The first-order chi connectivity index (χ1) is 9.40. The number of aromatic nitrogens is 1. The summed E-state index contributed by atoms with van der Waals surface area (Å²) in [6, 6.07) is 4.41. The second-order valence-corrected chi connectivity index (χ2v) is 7.13. The van der Waals surface area contributed by atoms with E-state index in [4.69, 9.17) is 4.98 Å². The van der Waals surface area contributed by atoms with E-state index in [2.05, 4.69) is 50.0 Å². The maximum atomic E-state index is 4.73. The van der Waals surface area contributed by atoms with Gasteiger partial charge in [0.15, 0.2) is 0 Å². The topological polar surface area (TPSA) is 28.2 Å². The minimum Gasteiger partial charge on any atom is -0.357 e. The quantitative estimate of drug-likeness (QED) is 0.916. The van der Waals surface area contributed by atoms with Gasteiger partial charge in [-0.1, -0.05) is 20.8 Å². The summed E-state index contributed by atoms with van der Waals surface area (Å²) < 4.78 is 0. The Morgan fingerprint density at radius 2 is 1.90 bits per heavy atom. The average Bonchev–Trinajstić information content (AvgIpc) is 2.37. The normalized spacial score (nSPS) is 17.6. The van der Waals surface area contributed by atoms with Gasteiger partial charge in [0.25, 0.3) is 0 Å². The van der Waals surface area contributed by atoms with Crippen LogP contribution in [-0.2, 0) is 6.54 Å². The van der Waals surface area contributed by atoms with Crippen molar-refractivity contribution in [1.82, 2.24) is 10.3 Å². The molecule has 3 heteroatoms. The number of hydrogen-bond acceptors (Lipinski definition) is 3. The number of hydrogen-bond donors (Lipinski definition) is 1. The molecule has 0 aromatic carbocycles. The maximum Gasteiger partial charge on any atom is 0.129 e. The third-order valence-corrected chi connectivity index (χ3v) is 4.42. The summed E-state index contributed by atoms with van der Waals surface area (Å²) in [5.74, 6) is 1.99. The molecular weight excluding hydrogens is 246 g/mol. The molecule has 1 aliphatic heterocycles. The van der Waals surface area contributed by atoms with Gasteiger partial charge in [0, 0.05) is 25.3 Å². The fourth-order valence-electron chi connectivity index (χ4n) is 3.16. The lowest BCUT2D eigenvalue weighted by Gasteiger charge is -2.39. The fraction of sp³-hybridized carbons (Fsp3) is 0.706. The van der Waals surface area contributed by atoms with Crippen molar-refractivity contribution in [3.8, 4) is 0 Å². The molecule has 1 N–H and O–H groups in total. The standard InChI is InChI=1S/C17H29N3/c1-13-10-14(12-18-5)11-16(19-13)20-8-6-15(7-9-20)17(2,3)4/h10-11,15,18H,6-9,12H2,1-5H3. The second-order valence-electron chi connectivity index (χ2n) is 7.13. The van der Waals surface area contributed by atoms with E-state index < -0.39 is 0 Å². The lowest BCUT2D eigenvalue weighted by molar-refractivity contribution is 0.198. The Morgan fingerprint density at radius 3 is 2.45 bits per heavy atom. The number of anilines is 1. The Bertz CT molecular complexity index is 440. The van der Waals surface area contributed by atoms with E-state index in [9.17, 15) is 0 Å². The first kappa shape index (κ1) is 15.3. The van der Waals surface area contributed by atoms with Gasteiger partial charge >= 0.3 is 0 Å². The van der Waals surface area contributed by atoms with Gasteiger partial charge in [-0.15, -0.1) is 0 Å². The fourth-order valence-corrected chi connectivity index (χ4v) is 3.16. The summed E-state index contributed by atoms with van der Waals surface area (Å²) in [4.78, 5) is 7.18. The highest BCUT2D eigenvalue weighted by molar-refractivity contribution is 5.43. The number of pyridine rings is 1. The SMILES string of the molecule is CNCc1cc(C)nc(N2CCC(C(C)(C)C)CC2)c1. The molecule has 0 radical (unpaired) electrons. The molecule has 20 heavy (non-hydrogen) atoms. The van der Waals surface area contributed by atoms with E-state index in [0.29, 0.717) is 5.41 Å². The van der Waals surface area contributed by atoms with Crippen molar-refractivity contribution < 1.29 is 0 Å². The summed E-state index contributed by atoms with van der Waals surface area (Å²) in [6.45, 7) is 12.4. The smallest absolute Gasteiger partial charge is 0.129 e. The van der Waals surface area contributed by atoms with E-state index >= 15 is 0 Å². The minimum absolute atomic E-state index is 0.434. The summed E-state index contributed by atoms with van der Waals surface area (Å²) >= 11 is 0. The van der Waals surface area contributed by atoms with Crippen molar-refractivity contribution >= 4 is 5.82 Å². The molecule has 1 aromatic heterocycles. The van der Waals surface area contributed by atoms with E-state index in [-0.39, 0.29) is 0 Å². The van der Waals surface area contributed by atoms with Crippen molar-refractivity contribution in [2.45, 2.75) is 47.1 Å². The summed E-state index contributed by atoms with van der Waals surface area (Å²) in [5.41, 5.74) is 2.88. The number of nitrogens with one attached hydrogen (secondary N) is 1. The Labute approximate surface area is 123 Å². The molecule has 0 aliphatic carbocycles. The first-order valence-electron chi connectivity index (χ1n) is 7.77. The molecule has 2 rings (SSSR count). The van der Waals surface area contributed by atoms with Crippen LogP contribution >= 0.6 is 0 Å². The lowest BCUT2D eigenvalue weighted by Crippen LogP contribution is -2.38. The number of aryl methyl sites for hydroxylation is 1. The van der Waals surface area contributed by atoms with Crippen molar-refractivity contribution in [2.75, 3.05) is 25.0 Å². The molecule has 3 nitrogen and oxygen atoms in total. The molecule has 0 saturated carbocycles. The second kappa shape index (κ2) is 6.13. The highest BCUT2D eigenvalue weighted by Crippen LogP contribution is 2.35. The summed E-state index contributed by atoms with van der Waals surface area (Å²) in [5, 5.41) is 3.22. The molecule has 0 spiro atoms. The zero-order chi connectivity index (χ0) is 14.8. The van der Waals surface area contributed by atoms with Crippen LogP contribution in [0, 0.1) is 18.3 Å². The highest BCUT2D eigenvalue weighted by Gasteiger charge is 2.29. The van der Waals surface area contributed by atoms with E-state index in [1.54, 1.807) is 0 Å². The molecule has 1 aliphatic rings. The molecule has 0 atom stereocenters. The zero-order valence-electron chi connectivity index (χ0n) is 13.7. The van der Waals surface area contributed by atoms with Gasteiger partial charge in [-0.2, -0.15) is 0 Å². The van der Waals surface area contributed by atoms with Crippen LogP contribution in [0.3, 0.4) is 0 Å². The van der Waals surface area contributed by atoms with Gasteiger partial charge in [0.2, 0.25) is 0 Å². The van der Waals surface area contributed by atoms with Crippen molar-refractivity contribution in [2.24, 2.45) is 11.3 Å². The van der Waals surface area contributed by atoms with Gasteiger partial charge in [-0.3, -0.25) is 0 Å². The van der Waals surface area contributed by atoms with E-state index in [1.165, 1.54) is 18.4 Å². The molecule has 1 fully saturated rings. The van der Waals surface area contributed by atoms with Gasteiger partial charge < -0.3 is 10.2 Å². The lowest BCUT2D eigenvalue weighted by atomic mass is 9.75. The minimum atomic E-state index is 0.434. The molecule has 112 valence electrons. The molecular formula is C17H29N3. The van der Waals surface area contributed by atoms with Crippen LogP contribution in [0.5, 0.6) is 0 Å². The van der Waals surface area contributed by atoms with Crippen LogP contribution in [0.2, 0.25) is 0 Å². The van der Waals surface area contributed by atoms with E-state index in [1.807, 2.05) is 7.05 Å². The number of rotatable bonds is 3. The third kappa shape index (κ3) is 3.72. The average molecular weight is 275 g/mol. The Hall–Kier alpha value is -1.09. The predicted octanol–water partition coefficient (Wildman–Crippen LogP) is 3.37. The molecule has 1 saturated heterocycles. The van der Waals surface area contributed by atoms with Crippen LogP contribution < -0.4 is 10.2 Å².